The highest BCUT2D eigenvalue weighted by Gasteiger charge is 2.08. The summed E-state index contributed by atoms with van der Waals surface area (Å²) in [5, 5.41) is 0. The minimum absolute atomic E-state index is 0.00773. The monoisotopic (exact) mass is 211 g/mol. The molecule has 0 aromatic heterocycles. The molecule has 0 heterocycles. The third-order valence-electron chi connectivity index (χ3n) is 2.31. The molecule has 82 valence electrons. The smallest absolute Gasteiger partial charge is 0.133 e. The molecule has 0 atom stereocenters. The molecule has 0 bridgehead atoms. The number of nitrogens with two attached hydrogens (primary N) is 1. The van der Waals surface area contributed by atoms with Crippen LogP contribution in [0.4, 0.5) is 8.78 Å². The van der Waals surface area contributed by atoms with Crippen molar-refractivity contribution in [2.45, 2.75) is 13.8 Å². The van der Waals surface area contributed by atoms with E-state index in [9.17, 15) is 8.78 Å². The van der Waals surface area contributed by atoms with Crippen molar-refractivity contribution in [3.63, 3.8) is 0 Å². The zero-order chi connectivity index (χ0) is 11.4. The molecule has 15 heavy (non-hydrogen) atoms. The average Bonchev–Trinajstić information content (AvgIpc) is 2.17. The molecule has 0 radical (unpaired) electrons. The van der Waals surface area contributed by atoms with Crippen LogP contribution < -0.4 is 5.73 Å². The molecule has 0 saturated carbocycles. The zero-order valence-electron chi connectivity index (χ0n) is 8.93. The van der Waals surface area contributed by atoms with Gasteiger partial charge >= 0.3 is 0 Å². The van der Waals surface area contributed by atoms with Crippen molar-refractivity contribution in [2.24, 2.45) is 11.7 Å². The van der Waals surface area contributed by atoms with E-state index in [1.54, 1.807) is 0 Å². The molecule has 0 aliphatic carbocycles. The Morgan fingerprint density at radius 2 is 1.87 bits per heavy atom. The van der Waals surface area contributed by atoms with Gasteiger partial charge in [-0.2, -0.15) is 0 Å². The Hall–Kier alpha value is -1.22. The van der Waals surface area contributed by atoms with Crippen LogP contribution in [0.1, 0.15) is 19.4 Å². The SMILES string of the molecule is CC(C)C(=Cc1c(F)cccc1F)CN. The second kappa shape index (κ2) is 5.03. The quantitative estimate of drug-likeness (QED) is 0.817. The van der Waals surface area contributed by atoms with Gasteiger partial charge in [-0.1, -0.05) is 25.5 Å². The lowest BCUT2D eigenvalue weighted by molar-refractivity contribution is 0.578. The summed E-state index contributed by atoms with van der Waals surface area (Å²) in [6.45, 7) is 4.19. The van der Waals surface area contributed by atoms with Crippen molar-refractivity contribution >= 4 is 6.08 Å². The first-order valence-corrected chi connectivity index (χ1v) is 4.90. The van der Waals surface area contributed by atoms with Gasteiger partial charge in [-0.15, -0.1) is 0 Å². The van der Waals surface area contributed by atoms with Gasteiger partial charge in [0.1, 0.15) is 11.6 Å². The standard InChI is InChI=1S/C12H15F2N/c1-8(2)9(7-15)6-10-11(13)4-3-5-12(10)14/h3-6,8H,7,15H2,1-2H3. The molecule has 0 aliphatic rings. The largest absolute Gasteiger partial charge is 0.327 e. The first kappa shape index (κ1) is 11.9. The van der Waals surface area contributed by atoms with Gasteiger partial charge in [0.05, 0.1) is 0 Å². The summed E-state index contributed by atoms with van der Waals surface area (Å²) in [5.41, 5.74) is 6.33. The van der Waals surface area contributed by atoms with Crippen LogP contribution in [0.2, 0.25) is 0 Å². The third kappa shape index (κ3) is 2.86. The van der Waals surface area contributed by atoms with Gasteiger partial charge < -0.3 is 5.73 Å². The highest BCUT2D eigenvalue weighted by Crippen LogP contribution is 2.18. The Morgan fingerprint density at radius 1 is 1.33 bits per heavy atom. The Morgan fingerprint density at radius 3 is 2.27 bits per heavy atom. The van der Waals surface area contributed by atoms with Crippen LogP contribution >= 0.6 is 0 Å². The first-order valence-electron chi connectivity index (χ1n) is 4.90. The number of hydrogen-bond acceptors (Lipinski definition) is 1. The summed E-state index contributed by atoms with van der Waals surface area (Å²) >= 11 is 0. The second-order valence-corrected chi connectivity index (χ2v) is 3.71. The van der Waals surface area contributed by atoms with Gasteiger partial charge in [0, 0.05) is 12.1 Å². The Bertz CT molecular complexity index is 350. The molecular formula is C12H15F2N. The molecule has 0 spiro atoms. The highest BCUT2D eigenvalue weighted by molar-refractivity contribution is 5.54. The summed E-state index contributed by atoms with van der Waals surface area (Å²) in [6.07, 6.45) is 1.50. The van der Waals surface area contributed by atoms with Gasteiger partial charge in [-0.05, 0) is 24.1 Å². The van der Waals surface area contributed by atoms with E-state index in [4.69, 9.17) is 5.73 Å². The van der Waals surface area contributed by atoms with E-state index in [1.165, 1.54) is 24.3 Å². The lowest BCUT2D eigenvalue weighted by atomic mass is 10.00. The fourth-order valence-corrected chi connectivity index (χ4v) is 1.30. The summed E-state index contributed by atoms with van der Waals surface area (Å²) < 4.78 is 26.6. The van der Waals surface area contributed by atoms with E-state index in [1.807, 2.05) is 13.8 Å². The van der Waals surface area contributed by atoms with E-state index >= 15 is 0 Å². The number of hydrogen-bond donors (Lipinski definition) is 1. The average molecular weight is 211 g/mol. The fourth-order valence-electron chi connectivity index (χ4n) is 1.30. The Labute approximate surface area is 88.6 Å². The normalized spacial score (nSPS) is 12.3. The number of halogens is 2. The molecule has 0 amide bonds. The maximum absolute atomic E-state index is 13.3. The molecular weight excluding hydrogens is 196 g/mol. The third-order valence-corrected chi connectivity index (χ3v) is 2.31. The van der Waals surface area contributed by atoms with Crippen molar-refractivity contribution in [3.05, 3.63) is 41.0 Å². The molecule has 1 aromatic rings. The molecule has 0 unspecified atom stereocenters. The van der Waals surface area contributed by atoms with Crippen molar-refractivity contribution in [2.75, 3.05) is 6.54 Å². The molecule has 1 aromatic carbocycles. The van der Waals surface area contributed by atoms with Crippen LogP contribution in [-0.4, -0.2) is 6.54 Å². The summed E-state index contributed by atoms with van der Waals surface area (Å²) in [5.74, 6) is -0.919. The Kier molecular flexibility index (Phi) is 3.97. The Balaban J connectivity index is 3.16. The maximum Gasteiger partial charge on any atom is 0.133 e. The van der Waals surface area contributed by atoms with Crippen LogP contribution in [0.3, 0.4) is 0 Å². The molecule has 1 nitrogen and oxygen atoms in total. The van der Waals surface area contributed by atoms with Crippen LogP contribution in [0.15, 0.2) is 23.8 Å². The summed E-state index contributed by atoms with van der Waals surface area (Å²) in [7, 11) is 0. The first-order chi connectivity index (χ1) is 7.06. The van der Waals surface area contributed by atoms with Gasteiger partial charge in [-0.25, -0.2) is 8.78 Å². The van der Waals surface area contributed by atoms with Crippen molar-refractivity contribution < 1.29 is 8.78 Å². The van der Waals surface area contributed by atoms with E-state index < -0.39 is 11.6 Å². The fraction of sp³-hybridized carbons (Fsp3) is 0.333. The van der Waals surface area contributed by atoms with Gasteiger partial charge in [-0.3, -0.25) is 0 Å². The minimum Gasteiger partial charge on any atom is -0.327 e. The van der Waals surface area contributed by atoms with Gasteiger partial charge in [0.25, 0.3) is 0 Å². The summed E-state index contributed by atoms with van der Waals surface area (Å²) in [4.78, 5) is 0. The minimum atomic E-state index is -0.554. The maximum atomic E-state index is 13.3. The number of benzene rings is 1. The zero-order valence-corrected chi connectivity index (χ0v) is 8.93. The molecule has 0 aliphatic heterocycles. The van der Waals surface area contributed by atoms with Crippen molar-refractivity contribution in [1.29, 1.82) is 0 Å². The van der Waals surface area contributed by atoms with Gasteiger partial charge in [0.2, 0.25) is 0 Å². The molecule has 0 saturated heterocycles. The van der Waals surface area contributed by atoms with Crippen LogP contribution in [0, 0.1) is 17.6 Å². The highest BCUT2D eigenvalue weighted by atomic mass is 19.1. The summed E-state index contributed by atoms with van der Waals surface area (Å²) in [6, 6.07) is 3.83. The van der Waals surface area contributed by atoms with E-state index in [-0.39, 0.29) is 11.5 Å². The topological polar surface area (TPSA) is 26.0 Å². The van der Waals surface area contributed by atoms with Crippen LogP contribution in [-0.2, 0) is 0 Å². The van der Waals surface area contributed by atoms with Gasteiger partial charge in [0.15, 0.2) is 0 Å². The van der Waals surface area contributed by atoms with E-state index in [0.29, 0.717) is 6.54 Å². The molecule has 0 fully saturated rings. The van der Waals surface area contributed by atoms with E-state index in [2.05, 4.69) is 0 Å². The lowest BCUT2D eigenvalue weighted by Crippen LogP contribution is -2.08. The second-order valence-electron chi connectivity index (χ2n) is 3.71. The predicted octanol–water partition coefficient (Wildman–Crippen LogP) is 2.96. The van der Waals surface area contributed by atoms with Crippen molar-refractivity contribution in [3.8, 4) is 0 Å². The lowest BCUT2D eigenvalue weighted by Gasteiger charge is -2.09. The predicted molar refractivity (Wildman–Crippen MR) is 58.2 cm³/mol. The van der Waals surface area contributed by atoms with E-state index in [0.717, 1.165) is 5.57 Å². The van der Waals surface area contributed by atoms with Crippen LogP contribution in [0.5, 0.6) is 0 Å². The molecule has 2 N–H and O–H groups in total. The molecule has 1 rings (SSSR count). The number of rotatable bonds is 3. The molecule has 3 heteroatoms. The van der Waals surface area contributed by atoms with Crippen LogP contribution in [0.25, 0.3) is 6.08 Å². The van der Waals surface area contributed by atoms with Crippen molar-refractivity contribution in [1.82, 2.24) is 0 Å².